The van der Waals surface area contributed by atoms with Gasteiger partial charge in [-0.3, -0.25) is 4.98 Å². The van der Waals surface area contributed by atoms with Crippen LogP contribution in [0.1, 0.15) is 41.5 Å². The lowest BCUT2D eigenvalue weighted by atomic mass is 9.76. The van der Waals surface area contributed by atoms with Crippen molar-refractivity contribution in [3.05, 3.63) is 59.4 Å². The number of benzene rings is 1. The van der Waals surface area contributed by atoms with Crippen molar-refractivity contribution in [3.63, 3.8) is 0 Å². The molecule has 108 valence electrons. The van der Waals surface area contributed by atoms with Crippen LogP contribution in [0.5, 0.6) is 0 Å². The van der Waals surface area contributed by atoms with Crippen LogP contribution in [0.15, 0.2) is 47.5 Å². The smallest absolute Gasteiger partial charge is 0.0482 e. The van der Waals surface area contributed by atoms with Gasteiger partial charge in [0.05, 0.1) is 0 Å². The highest BCUT2D eigenvalue weighted by Crippen LogP contribution is 2.45. The van der Waals surface area contributed by atoms with Gasteiger partial charge < -0.3 is 5.73 Å². The minimum absolute atomic E-state index is 0.176. The van der Waals surface area contributed by atoms with Gasteiger partial charge in [-0.15, -0.1) is 11.8 Å². The van der Waals surface area contributed by atoms with Crippen LogP contribution in [-0.4, -0.2) is 16.8 Å². The number of hydrogen-bond donors (Lipinski definition) is 1. The van der Waals surface area contributed by atoms with Gasteiger partial charge in [0.2, 0.25) is 0 Å². The third-order valence-electron chi connectivity index (χ3n) is 4.90. The third kappa shape index (κ3) is 2.29. The molecule has 1 aromatic heterocycles. The van der Waals surface area contributed by atoms with E-state index < -0.39 is 0 Å². The first-order valence-electron chi connectivity index (χ1n) is 7.75. The molecule has 3 atom stereocenters. The van der Waals surface area contributed by atoms with Gasteiger partial charge in [-0.2, -0.15) is 0 Å². The number of rotatable bonds is 2. The van der Waals surface area contributed by atoms with Gasteiger partial charge in [-0.1, -0.05) is 24.3 Å². The predicted octanol–water partition coefficient (Wildman–Crippen LogP) is 3.72. The summed E-state index contributed by atoms with van der Waals surface area (Å²) >= 11 is 1.95. The van der Waals surface area contributed by atoms with Crippen LogP contribution < -0.4 is 5.73 Å². The summed E-state index contributed by atoms with van der Waals surface area (Å²) in [6, 6.07) is 13.2. The zero-order valence-electron chi connectivity index (χ0n) is 12.0. The van der Waals surface area contributed by atoms with E-state index in [-0.39, 0.29) is 6.04 Å². The fraction of sp³-hybridized carbons (Fsp3) is 0.389. The minimum atomic E-state index is 0.176. The van der Waals surface area contributed by atoms with E-state index in [2.05, 4.69) is 35.3 Å². The first kappa shape index (κ1) is 13.4. The zero-order valence-corrected chi connectivity index (χ0v) is 12.9. The van der Waals surface area contributed by atoms with E-state index in [9.17, 15) is 0 Å². The second kappa shape index (κ2) is 5.47. The SMILES string of the molecule is NC(C1CSc2ccccc21)C1CCCc2cccnc21. The number of fused-ring (bicyclic) bond motifs is 2. The molecule has 3 unspecified atom stereocenters. The van der Waals surface area contributed by atoms with E-state index in [1.54, 1.807) is 0 Å². The summed E-state index contributed by atoms with van der Waals surface area (Å²) in [4.78, 5) is 6.07. The van der Waals surface area contributed by atoms with Crippen LogP contribution in [0, 0.1) is 0 Å². The molecule has 3 heteroatoms. The normalized spacial score (nSPS) is 25.2. The Bertz CT molecular complexity index is 655. The maximum Gasteiger partial charge on any atom is 0.0482 e. The van der Waals surface area contributed by atoms with Gasteiger partial charge in [-0.05, 0) is 42.5 Å². The van der Waals surface area contributed by atoms with E-state index in [1.165, 1.54) is 34.6 Å². The van der Waals surface area contributed by atoms with Crippen LogP contribution in [-0.2, 0) is 6.42 Å². The Morgan fingerprint density at radius 2 is 2.05 bits per heavy atom. The van der Waals surface area contributed by atoms with Crippen LogP contribution in [0.2, 0.25) is 0 Å². The molecule has 0 saturated carbocycles. The Morgan fingerprint density at radius 1 is 1.14 bits per heavy atom. The van der Waals surface area contributed by atoms with E-state index >= 15 is 0 Å². The lowest BCUT2D eigenvalue weighted by Crippen LogP contribution is -2.37. The highest BCUT2D eigenvalue weighted by molar-refractivity contribution is 7.99. The molecule has 0 fully saturated rings. The average Bonchev–Trinajstić information content (AvgIpc) is 2.98. The molecule has 4 rings (SSSR count). The highest BCUT2D eigenvalue weighted by atomic mass is 32.2. The lowest BCUT2D eigenvalue weighted by molar-refractivity contribution is 0.414. The van der Waals surface area contributed by atoms with E-state index in [4.69, 9.17) is 5.73 Å². The predicted molar refractivity (Wildman–Crippen MR) is 87.8 cm³/mol. The van der Waals surface area contributed by atoms with Crippen molar-refractivity contribution < 1.29 is 0 Å². The number of pyridine rings is 1. The number of aromatic nitrogens is 1. The fourth-order valence-corrected chi connectivity index (χ4v) is 5.13. The molecular formula is C18H20N2S. The lowest BCUT2D eigenvalue weighted by Gasteiger charge is -2.32. The van der Waals surface area contributed by atoms with Crippen molar-refractivity contribution in [2.45, 2.75) is 42.0 Å². The topological polar surface area (TPSA) is 38.9 Å². The van der Waals surface area contributed by atoms with E-state index in [1.807, 2.05) is 24.0 Å². The Labute approximate surface area is 130 Å². The molecule has 0 radical (unpaired) electrons. The summed E-state index contributed by atoms with van der Waals surface area (Å²) in [5, 5.41) is 0. The van der Waals surface area contributed by atoms with Crippen molar-refractivity contribution in [2.75, 3.05) is 5.75 Å². The minimum Gasteiger partial charge on any atom is -0.327 e. The molecule has 1 aliphatic carbocycles. The van der Waals surface area contributed by atoms with Crippen molar-refractivity contribution >= 4 is 11.8 Å². The van der Waals surface area contributed by atoms with Crippen molar-refractivity contribution in [2.24, 2.45) is 5.73 Å². The summed E-state index contributed by atoms with van der Waals surface area (Å²) < 4.78 is 0. The van der Waals surface area contributed by atoms with Gasteiger partial charge in [0.1, 0.15) is 0 Å². The van der Waals surface area contributed by atoms with Crippen molar-refractivity contribution in [1.82, 2.24) is 4.98 Å². The van der Waals surface area contributed by atoms with Crippen molar-refractivity contribution in [1.29, 1.82) is 0 Å². The Balaban J connectivity index is 1.66. The standard InChI is InChI=1S/C18H20N2S/c19-17(15-11-21-16-9-2-1-7-13(15)16)14-8-3-5-12-6-4-10-20-18(12)14/h1-2,4,6-7,9-10,14-15,17H,3,5,8,11,19H2. The maximum atomic E-state index is 6.73. The maximum absolute atomic E-state index is 6.73. The molecular weight excluding hydrogens is 276 g/mol. The van der Waals surface area contributed by atoms with E-state index in [0.29, 0.717) is 11.8 Å². The Hall–Kier alpha value is -1.32. The quantitative estimate of drug-likeness (QED) is 0.918. The first-order chi connectivity index (χ1) is 10.3. The Kier molecular flexibility index (Phi) is 3.48. The largest absolute Gasteiger partial charge is 0.327 e. The average molecular weight is 296 g/mol. The van der Waals surface area contributed by atoms with Gasteiger partial charge in [0, 0.05) is 40.4 Å². The second-order valence-corrected chi connectivity index (χ2v) is 7.14. The molecule has 0 spiro atoms. The second-order valence-electron chi connectivity index (χ2n) is 6.08. The number of nitrogens with two attached hydrogens (primary N) is 1. The molecule has 1 aliphatic heterocycles. The summed E-state index contributed by atoms with van der Waals surface area (Å²) in [6.45, 7) is 0. The van der Waals surface area contributed by atoms with Crippen LogP contribution in [0.25, 0.3) is 0 Å². The van der Waals surface area contributed by atoms with Crippen molar-refractivity contribution in [3.8, 4) is 0 Å². The number of nitrogens with zero attached hydrogens (tertiary/aromatic N) is 1. The molecule has 2 N–H and O–H groups in total. The van der Waals surface area contributed by atoms with Gasteiger partial charge in [0.15, 0.2) is 0 Å². The fourth-order valence-electron chi connectivity index (χ4n) is 3.81. The third-order valence-corrected chi connectivity index (χ3v) is 6.11. The molecule has 2 aliphatic rings. The zero-order chi connectivity index (χ0) is 14.2. The molecule has 0 saturated heterocycles. The van der Waals surface area contributed by atoms with E-state index in [0.717, 1.165) is 12.2 Å². The Morgan fingerprint density at radius 3 is 3.00 bits per heavy atom. The summed E-state index contributed by atoms with van der Waals surface area (Å²) in [5.74, 6) is 1.98. The number of aryl methyl sites for hydroxylation is 1. The van der Waals surface area contributed by atoms with Crippen LogP contribution in [0.4, 0.5) is 0 Å². The van der Waals surface area contributed by atoms with Crippen LogP contribution in [0.3, 0.4) is 0 Å². The molecule has 2 nitrogen and oxygen atoms in total. The molecule has 0 bridgehead atoms. The highest BCUT2D eigenvalue weighted by Gasteiger charge is 2.35. The van der Waals surface area contributed by atoms with Gasteiger partial charge in [0.25, 0.3) is 0 Å². The van der Waals surface area contributed by atoms with Crippen LogP contribution >= 0.6 is 11.8 Å². The molecule has 0 amide bonds. The summed E-state index contributed by atoms with van der Waals surface area (Å²) in [6.07, 6.45) is 5.48. The summed E-state index contributed by atoms with van der Waals surface area (Å²) in [5.41, 5.74) is 10.8. The molecule has 2 aromatic rings. The molecule has 2 heterocycles. The number of hydrogen-bond acceptors (Lipinski definition) is 3. The first-order valence-corrected chi connectivity index (χ1v) is 8.74. The van der Waals surface area contributed by atoms with Gasteiger partial charge >= 0.3 is 0 Å². The summed E-state index contributed by atoms with van der Waals surface area (Å²) in [7, 11) is 0. The molecule has 1 aromatic carbocycles. The van der Waals surface area contributed by atoms with Gasteiger partial charge in [-0.25, -0.2) is 0 Å². The molecule has 21 heavy (non-hydrogen) atoms. The number of thioether (sulfide) groups is 1. The monoisotopic (exact) mass is 296 g/mol.